The molecule has 1 rings (SSSR count). The molecule has 1 aliphatic heterocycles. The molecule has 0 aromatic heterocycles. The van der Waals surface area contributed by atoms with E-state index in [1.807, 2.05) is 21.1 Å². The van der Waals surface area contributed by atoms with Crippen LogP contribution < -0.4 is 0 Å². The molecule has 2 heteroatoms. The maximum atomic E-state index is 3.80. The Morgan fingerprint density at radius 2 is 2.11 bits per heavy atom. The van der Waals surface area contributed by atoms with Gasteiger partial charge in [0.1, 0.15) is 5.82 Å². The van der Waals surface area contributed by atoms with E-state index >= 15 is 0 Å². The van der Waals surface area contributed by atoms with E-state index in [2.05, 4.69) is 22.5 Å². The predicted octanol–water partition coefficient (Wildman–Crippen LogP) is 0.849. The molecular formula is C7H12N2. The molecule has 0 aromatic rings. The molecule has 9 heavy (non-hydrogen) atoms. The lowest BCUT2D eigenvalue weighted by Gasteiger charge is -2.35. The first kappa shape index (κ1) is 6.20. The predicted molar refractivity (Wildman–Crippen MR) is 38.7 cm³/mol. The smallest absolute Gasteiger partial charge is 0.110 e. The molecule has 0 saturated heterocycles. The van der Waals surface area contributed by atoms with Gasteiger partial charge in [-0.1, -0.05) is 6.58 Å². The second kappa shape index (κ2) is 1.79. The summed E-state index contributed by atoms with van der Waals surface area (Å²) in [6, 6.07) is 0. The van der Waals surface area contributed by atoms with Gasteiger partial charge < -0.3 is 9.80 Å². The van der Waals surface area contributed by atoms with E-state index in [0.717, 1.165) is 5.70 Å². The van der Waals surface area contributed by atoms with Crippen LogP contribution in [0.25, 0.3) is 0 Å². The summed E-state index contributed by atoms with van der Waals surface area (Å²) in [4.78, 5) is 4.12. The van der Waals surface area contributed by atoms with Gasteiger partial charge in [-0.05, 0) is 0 Å². The molecule has 0 amide bonds. The SMILES string of the molecule is C=C1C=C(N(C)C)N1C. The molecule has 0 unspecified atom stereocenters. The van der Waals surface area contributed by atoms with E-state index in [1.165, 1.54) is 5.82 Å². The Morgan fingerprint density at radius 3 is 2.22 bits per heavy atom. The van der Waals surface area contributed by atoms with Gasteiger partial charge in [-0.3, -0.25) is 0 Å². The van der Waals surface area contributed by atoms with Crippen molar-refractivity contribution in [2.75, 3.05) is 21.1 Å². The van der Waals surface area contributed by atoms with E-state index < -0.39 is 0 Å². The van der Waals surface area contributed by atoms with Crippen LogP contribution in [0, 0.1) is 0 Å². The van der Waals surface area contributed by atoms with Gasteiger partial charge in [0, 0.05) is 32.9 Å². The highest BCUT2D eigenvalue weighted by atomic mass is 15.3. The minimum Gasteiger partial charge on any atom is -0.364 e. The first-order valence-corrected chi connectivity index (χ1v) is 2.94. The number of rotatable bonds is 1. The Balaban J connectivity index is 2.67. The van der Waals surface area contributed by atoms with Crippen molar-refractivity contribution in [3.63, 3.8) is 0 Å². The number of hydrogen-bond donors (Lipinski definition) is 0. The van der Waals surface area contributed by atoms with Gasteiger partial charge >= 0.3 is 0 Å². The lowest BCUT2D eigenvalue weighted by atomic mass is 10.2. The molecule has 0 N–H and O–H groups in total. The van der Waals surface area contributed by atoms with Crippen molar-refractivity contribution >= 4 is 0 Å². The van der Waals surface area contributed by atoms with E-state index in [-0.39, 0.29) is 0 Å². The van der Waals surface area contributed by atoms with Crippen molar-refractivity contribution in [2.45, 2.75) is 0 Å². The number of nitrogens with zero attached hydrogens (tertiary/aromatic N) is 2. The monoisotopic (exact) mass is 124 g/mol. The molecule has 0 radical (unpaired) electrons. The molecule has 2 nitrogen and oxygen atoms in total. The molecule has 1 heterocycles. The van der Waals surface area contributed by atoms with Crippen LogP contribution in [-0.2, 0) is 0 Å². The molecule has 0 aromatic carbocycles. The van der Waals surface area contributed by atoms with Crippen molar-refractivity contribution in [2.24, 2.45) is 0 Å². The van der Waals surface area contributed by atoms with Crippen LogP contribution in [0.5, 0.6) is 0 Å². The average Bonchev–Trinajstić information content (AvgIpc) is 1.81. The van der Waals surface area contributed by atoms with Crippen LogP contribution in [0.4, 0.5) is 0 Å². The second-order valence-electron chi connectivity index (χ2n) is 2.45. The molecule has 0 spiro atoms. The average molecular weight is 124 g/mol. The fourth-order valence-electron chi connectivity index (χ4n) is 0.853. The Kier molecular flexibility index (Phi) is 1.24. The van der Waals surface area contributed by atoms with Crippen molar-refractivity contribution < 1.29 is 0 Å². The quantitative estimate of drug-likeness (QED) is 0.511. The lowest BCUT2D eigenvalue weighted by Crippen LogP contribution is -2.33. The summed E-state index contributed by atoms with van der Waals surface area (Å²) in [6.45, 7) is 3.80. The highest BCUT2D eigenvalue weighted by molar-refractivity contribution is 5.31. The zero-order chi connectivity index (χ0) is 7.02. The van der Waals surface area contributed by atoms with Crippen LogP contribution >= 0.6 is 0 Å². The fraction of sp³-hybridized carbons (Fsp3) is 0.429. The number of likely N-dealkylation sites (N-methyl/N-ethyl adjacent to an activating group) is 1. The molecule has 1 aliphatic rings. The summed E-state index contributed by atoms with van der Waals surface area (Å²) >= 11 is 0. The van der Waals surface area contributed by atoms with Crippen molar-refractivity contribution in [1.29, 1.82) is 0 Å². The largest absolute Gasteiger partial charge is 0.364 e. The maximum Gasteiger partial charge on any atom is 0.110 e. The molecule has 0 saturated carbocycles. The maximum absolute atomic E-state index is 3.80. The zero-order valence-corrected chi connectivity index (χ0v) is 6.18. The van der Waals surface area contributed by atoms with Gasteiger partial charge in [0.2, 0.25) is 0 Å². The summed E-state index contributed by atoms with van der Waals surface area (Å²) in [7, 11) is 6.06. The van der Waals surface area contributed by atoms with Gasteiger partial charge in [-0.25, -0.2) is 0 Å². The van der Waals surface area contributed by atoms with Gasteiger partial charge in [-0.2, -0.15) is 0 Å². The van der Waals surface area contributed by atoms with Crippen LogP contribution in [0.3, 0.4) is 0 Å². The Morgan fingerprint density at radius 1 is 1.56 bits per heavy atom. The Bertz CT molecular complexity index is 168. The van der Waals surface area contributed by atoms with Gasteiger partial charge in [0.25, 0.3) is 0 Å². The Labute approximate surface area is 56.1 Å². The minimum absolute atomic E-state index is 1.08. The lowest BCUT2D eigenvalue weighted by molar-refractivity contribution is 0.322. The highest BCUT2D eigenvalue weighted by Crippen LogP contribution is 2.22. The first-order chi connectivity index (χ1) is 4.13. The molecule has 0 fully saturated rings. The molecule has 0 atom stereocenters. The fourth-order valence-corrected chi connectivity index (χ4v) is 0.853. The van der Waals surface area contributed by atoms with Crippen molar-refractivity contribution in [3.05, 3.63) is 24.2 Å². The third-order valence-corrected chi connectivity index (χ3v) is 1.53. The molecule has 50 valence electrons. The van der Waals surface area contributed by atoms with Gasteiger partial charge in [0.05, 0.1) is 0 Å². The standard InChI is InChI=1S/C7H12N2/c1-6-5-7(8(2)3)9(6)4/h5H,1H2,2-4H3. The summed E-state index contributed by atoms with van der Waals surface area (Å²) in [5.41, 5.74) is 1.08. The zero-order valence-electron chi connectivity index (χ0n) is 6.18. The summed E-state index contributed by atoms with van der Waals surface area (Å²) in [5, 5.41) is 0. The van der Waals surface area contributed by atoms with E-state index in [0.29, 0.717) is 0 Å². The third-order valence-electron chi connectivity index (χ3n) is 1.53. The van der Waals surface area contributed by atoms with Crippen LogP contribution in [0.2, 0.25) is 0 Å². The van der Waals surface area contributed by atoms with Crippen LogP contribution in [0.15, 0.2) is 24.2 Å². The van der Waals surface area contributed by atoms with Crippen molar-refractivity contribution in [1.82, 2.24) is 9.80 Å². The van der Waals surface area contributed by atoms with E-state index in [9.17, 15) is 0 Å². The topological polar surface area (TPSA) is 6.48 Å². The molecule has 0 aliphatic carbocycles. The van der Waals surface area contributed by atoms with Gasteiger partial charge in [-0.15, -0.1) is 0 Å². The molecule has 0 bridgehead atoms. The van der Waals surface area contributed by atoms with Crippen LogP contribution in [-0.4, -0.2) is 30.9 Å². The minimum atomic E-state index is 1.08. The number of hydrogen-bond acceptors (Lipinski definition) is 2. The van der Waals surface area contributed by atoms with Gasteiger partial charge in [0.15, 0.2) is 0 Å². The highest BCUT2D eigenvalue weighted by Gasteiger charge is 2.17. The summed E-state index contributed by atoms with van der Waals surface area (Å²) < 4.78 is 0. The normalized spacial score (nSPS) is 17.0. The van der Waals surface area contributed by atoms with Crippen molar-refractivity contribution in [3.8, 4) is 0 Å². The molecular weight excluding hydrogens is 112 g/mol. The second-order valence-corrected chi connectivity index (χ2v) is 2.45. The Hall–Kier alpha value is -0.920. The third kappa shape index (κ3) is 0.803. The summed E-state index contributed by atoms with van der Waals surface area (Å²) in [6.07, 6.45) is 2.06. The number of allylic oxidation sites excluding steroid dienone is 1. The summed E-state index contributed by atoms with van der Waals surface area (Å²) in [5.74, 6) is 1.22. The van der Waals surface area contributed by atoms with E-state index in [4.69, 9.17) is 0 Å². The first-order valence-electron chi connectivity index (χ1n) is 2.94. The van der Waals surface area contributed by atoms with E-state index in [1.54, 1.807) is 0 Å². The van der Waals surface area contributed by atoms with Crippen LogP contribution in [0.1, 0.15) is 0 Å².